The van der Waals surface area contributed by atoms with Gasteiger partial charge in [0.05, 0.1) is 5.69 Å². The van der Waals surface area contributed by atoms with Gasteiger partial charge in [-0.3, -0.25) is 4.98 Å². The van der Waals surface area contributed by atoms with Crippen LogP contribution in [0.15, 0.2) is 48.0 Å². The minimum atomic E-state index is 0.754. The third kappa shape index (κ3) is 2.42. The Bertz CT molecular complexity index is 734. The Morgan fingerprint density at radius 3 is 2.90 bits per heavy atom. The first kappa shape index (κ1) is 12.8. The van der Waals surface area contributed by atoms with Crippen molar-refractivity contribution in [3.05, 3.63) is 53.5 Å². The number of nitrogens with zero attached hydrogens (tertiary/aromatic N) is 2. The molecule has 20 heavy (non-hydrogen) atoms. The van der Waals surface area contributed by atoms with E-state index >= 15 is 0 Å². The molecule has 0 unspecified atom stereocenters. The molecule has 0 saturated carbocycles. The van der Waals surface area contributed by atoms with E-state index in [4.69, 9.17) is 10.7 Å². The van der Waals surface area contributed by atoms with Gasteiger partial charge in [-0.05, 0) is 30.2 Å². The minimum absolute atomic E-state index is 0.754. The summed E-state index contributed by atoms with van der Waals surface area (Å²) in [4.78, 5) is 9.17. The predicted octanol–water partition coefficient (Wildman–Crippen LogP) is 4.02. The van der Waals surface area contributed by atoms with Gasteiger partial charge in [0.1, 0.15) is 10.7 Å². The molecule has 4 heteroatoms. The van der Waals surface area contributed by atoms with Gasteiger partial charge < -0.3 is 5.73 Å². The van der Waals surface area contributed by atoms with Crippen molar-refractivity contribution in [2.24, 2.45) is 0 Å². The Hall–Kier alpha value is -2.20. The van der Waals surface area contributed by atoms with Crippen LogP contribution in [0.2, 0.25) is 0 Å². The van der Waals surface area contributed by atoms with E-state index in [1.165, 1.54) is 5.56 Å². The van der Waals surface area contributed by atoms with Gasteiger partial charge in [-0.25, -0.2) is 4.98 Å². The highest BCUT2D eigenvalue weighted by Gasteiger charge is 2.10. The molecule has 3 nitrogen and oxygen atoms in total. The second kappa shape index (κ2) is 5.43. The van der Waals surface area contributed by atoms with Gasteiger partial charge in [-0.2, -0.15) is 0 Å². The van der Waals surface area contributed by atoms with E-state index in [9.17, 15) is 0 Å². The quantitative estimate of drug-likeness (QED) is 0.738. The number of rotatable bonds is 3. The number of benzene rings is 1. The first-order valence-electron chi connectivity index (χ1n) is 6.53. The summed E-state index contributed by atoms with van der Waals surface area (Å²) < 4.78 is 0. The average molecular weight is 281 g/mol. The zero-order valence-corrected chi connectivity index (χ0v) is 12.0. The van der Waals surface area contributed by atoms with Crippen LogP contribution in [-0.4, -0.2) is 9.97 Å². The smallest absolute Gasteiger partial charge is 0.142 e. The lowest BCUT2D eigenvalue weighted by Gasteiger charge is -2.02. The van der Waals surface area contributed by atoms with E-state index in [1.54, 1.807) is 11.3 Å². The van der Waals surface area contributed by atoms with E-state index in [2.05, 4.69) is 23.4 Å². The monoisotopic (exact) mass is 281 g/mol. The predicted molar refractivity (Wildman–Crippen MR) is 84.6 cm³/mol. The van der Waals surface area contributed by atoms with Crippen molar-refractivity contribution in [1.29, 1.82) is 0 Å². The lowest BCUT2D eigenvalue weighted by molar-refractivity contribution is 1.10. The van der Waals surface area contributed by atoms with Crippen LogP contribution < -0.4 is 5.73 Å². The van der Waals surface area contributed by atoms with Crippen molar-refractivity contribution in [3.63, 3.8) is 0 Å². The SMILES string of the molecule is CCc1cccnc1-c1nc(-c2cccc(N)c2)cs1. The zero-order chi connectivity index (χ0) is 13.9. The van der Waals surface area contributed by atoms with Gasteiger partial charge in [0, 0.05) is 22.8 Å². The van der Waals surface area contributed by atoms with Gasteiger partial charge in [0.15, 0.2) is 0 Å². The fraction of sp³-hybridized carbons (Fsp3) is 0.125. The number of nitrogen functional groups attached to an aromatic ring is 1. The summed E-state index contributed by atoms with van der Waals surface area (Å²) in [6.07, 6.45) is 2.77. The second-order valence-electron chi connectivity index (χ2n) is 4.53. The summed E-state index contributed by atoms with van der Waals surface area (Å²) in [5.74, 6) is 0. The third-order valence-corrected chi connectivity index (χ3v) is 4.01. The maximum atomic E-state index is 5.82. The minimum Gasteiger partial charge on any atom is -0.399 e. The van der Waals surface area contributed by atoms with Crippen LogP contribution in [0.25, 0.3) is 22.0 Å². The standard InChI is InChI=1S/C16H15N3S/c1-2-11-6-4-8-18-15(11)16-19-14(10-20-16)12-5-3-7-13(17)9-12/h3-10H,2,17H2,1H3. The first-order chi connectivity index (χ1) is 9.78. The Labute approximate surface area is 122 Å². The number of anilines is 1. The molecule has 0 atom stereocenters. The van der Waals surface area contributed by atoms with Crippen LogP contribution >= 0.6 is 11.3 Å². The van der Waals surface area contributed by atoms with E-state index in [0.29, 0.717) is 0 Å². The molecule has 0 bridgehead atoms. The van der Waals surface area contributed by atoms with Gasteiger partial charge in [0.25, 0.3) is 0 Å². The largest absolute Gasteiger partial charge is 0.399 e. The van der Waals surface area contributed by atoms with E-state index in [0.717, 1.165) is 34.1 Å². The van der Waals surface area contributed by atoms with Crippen LogP contribution in [0.1, 0.15) is 12.5 Å². The highest BCUT2D eigenvalue weighted by molar-refractivity contribution is 7.13. The number of aryl methyl sites for hydroxylation is 1. The Morgan fingerprint density at radius 1 is 1.20 bits per heavy atom. The normalized spacial score (nSPS) is 10.7. The van der Waals surface area contributed by atoms with Gasteiger partial charge in [0.2, 0.25) is 0 Å². The Balaban J connectivity index is 2.02. The highest BCUT2D eigenvalue weighted by Crippen LogP contribution is 2.30. The Kier molecular flexibility index (Phi) is 3.48. The Morgan fingerprint density at radius 2 is 2.10 bits per heavy atom. The van der Waals surface area contributed by atoms with Crippen LogP contribution in [0, 0.1) is 0 Å². The number of hydrogen-bond acceptors (Lipinski definition) is 4. The molecule has 0 aliphatic carbocycles. The zero-order valence-electron chi connectivity index (χ0n) is 11.2. The highest BCUT2D eigenvalue weighted by atomic mass is 32.1. The molecule has 0 radical (unpaired) electrons. The van der Waals surface area contributed by atoms with E-state index in [1.807, 2.05) is 36.5 Å². The van der Waals surface area contributed by atoms with Gasteiger partial charge in [-0.1, -0.05) is 25.1 Å². The summed E-state index contributed by atoms with van der Waals surface area (Å²) in [6.45, 7) is 2.13. The summed E-state index contributed by atoms with van der Waals surface area (Å²) >= 11 is 1.62. The second-order valence-corrected chi connectivity index (χ2v) is 5.39. The van der Waals surface area contributed by atoms with Gasteiger partial charge >= 0.3 is 0 Å². The number of aromatic nitrogens is 2. The molecule has 0 aliphatic heterocycles. The van der Waals surface area contributed by atoms with Crippen molar-refractivity contribution in [3.8, 4) is 22.0 Å². The molecule has 0 saturated heterocycles. The molecule has 3 aromatic rings. The fourth-order valence-electron chi connectivity index (χ4n) is 2.13. The lowest BCUT2D eigenvalue weighted by atomic mass is 10.1. The van der Waals surface area contributed by atoms with Crippen molar-refractivity contribution < 1.29 is 0 Å². The van der Waals surface area contributed by atoms with E-state index < -0.39 is 0 Å². The van der Waals surface area contributed by atoms with Crippen LogP contribution in [0.4, 0.5) is 5.69 Å². The number of thiazole rings is 1. The van der Waals surface area contributed by atoms with Crippen molar-refractivity contribution in [2.45, 2.75) is 13.3 Å². The molecule has 0 fully saturated rings. The number of hydrogen-bond donors (Lipinski definition) is 1. The molecular weight excluding hydrogens is 266 g/mol. The van der Waals surface area contributed by atoms with Gasteiger partial charge in [-0.15, -0.1) is 11.3 Å². The molecule has 2 N–H and O–H groups in total. The first-order valence-corrected chi connectivity index (χ1v) is 7.41. The van der Waals surface area contributed by atoms with Crippen LogP contribution in [0.3, 0.4) is 0 Å². The number of pyridine rings is 1. The maximum Gasteiger partial charge on any atom is 0.142 e. The summed E-state index contributed by atoms with van der Waals surface area (Å²) in [5, 5.41) is 3.01. The fourth-order valence-corrected chi connectivity index (χ4v) is 2.99. The van der Waals surface area contributed by atoms with Crippen LogP contribution in [0.5, 0.6) is 0 Å². The van der Waals surface area contributed by atoms with Crippen molar-refractivity contribution >= 4 is 17.0 Å². The maximum absolute atomic E-state index is 5.82. The molecule has 0 spiro atoms. The molecule has 100 valence electrons. The van der Waals surface area contributed by atoms with Crippen LogP contribution in [-0.2, 0) is 6.42 Å². The summed E-state index contributed by atoms with van der Waals surface area (Å²) in [6, 6.07) is 11.9. The molecule has 2 aromatic heterocycles. The third-order valence-electron chi connectivity index (χ3n) is 3.16. The lowest BCUT2D eigenvalue weighted by Crippen LogP contribution is -1.90. The molecule has 3 rings (SSSR count). The molecule has 2 heterocycles. The summed E-state index contributed by atoms with van der Waals surface area (Å²) in [7, 11) is 0. The average Bonchev–Trinajstić information content (AvgIpc) is 2.97. The van der Waals surface area contributed by atoms with Crippen molar-refractivity contribution in [1.82, 2.24) is 9.97 Å². The molecule has 0 amide bonds. The molecule has 0 aliphatic rings. The van der Waals surface area contributed by atoms with E-state index in [-0.39, 0.29) is 0 Å². The molecule has 1 aromatic carbocycles. The van der Waals surface area contributed by atoms with Crippen molar-refractivity contribution in [2.75, 3.05) is 5.73 Å². The molecular formula is C16H15N3S. The number of nitrogens with two attached hydrogens (primary N) is 1. The topological polar surface area (TPSA) is 51.8 Å². The summed E-state index contributed by atoms with van der Waals surface area (Å²) in [5.41, 5.74) is 10.8.